The molecule has 0 radical (unpaired) electrons. The van der Waals surface area contributed by atoms with Crippen molar-refractivity contribution >= 4 is 15.9 Å². The van der Waals surface area contributed by atoms with Gasteiger partial charge in [0.25, 0.3) is 0 Å². The Bertz CT molecular complexity index is 648. The topological polar surface area (TPSA) is 29.9 Å². The fourth-order valence-corrected chi connectivity index (χ4v) is 2.32. The molecule has 0 fully saturated rings. The minimum Gasteiger partial charge on any atom is -0.293 e. The highest BCUT2D eigenvalue weighted by molar-refractivity contribution is 9.10. The molecule has 0 saturated carbocycles. The average molecular weight is 376 g/mol. The van der Waals surface area contributed by atoms with E-state index in [0.29, 0.717) is 0 Å². The molecule has 4 heteroatoms. The standard InChI is InChI=1S/C19H26BrN3/c1-7-9-10-14(3)16(5)15(4)11-12-19(21-8-2)23-17(6)18(20)13-22-23/h7,9-13,19,21H,1,4,8H2,2-3,5-6H3/b10-9-,12-11?,16-14+. The Morgan fingerprint density at radius 2 is 2.13 bits per heavy atom. The molecule has 0 saturated heterocycles. The Hall–Kier alpha value is -1.65. The van der Waals surface area contributed by atoms with Gasteiger partial charge in [0.1, 0.15) is 6.17 Å². The van der Waals surface area contributed by atoms with Gasteiger partial charge in [-0.2, -0.15) is 5.10 Å². The van der Waals surface area contributed by atoms with Gasteiger partial charge in [0, 0.05) is 0 Å². The Morgan fingerprint density at radius 3 is 2.65 bits per heavy atom. The van der Waals surface area contributed by atoms with E-state index >= 15 is 0 Å². The van der Waals surface area contributed by atoms with Crippen LogP contribution in [0.25, 0.3) is 0 Å². The fourth-order valence-electron chi connectivity index (χ4n) is 2.05. The summed E-state index contributed by atoms with van der Waals surface area (Å²) >= 11 is 3.51. The maximum Gasteiger partial charge on any atom is 0.121 e. The molecular formula is C19H26BrN3. The maximum absolute atomic E-state index is 4.42. The first-order valence-electron chi connectivity index (χ1n) is 7.69. The highest BCUT2D eigenvalue weighted by atomic mass is 79.9. The largest absolute Gasteiger partial charge is 0.293 e. The second-order valence-electron chi connectivity index (χ2n) is 5.31. The number of nitrogens with one attached hydrogen (secondary N) is 1. The third-order valence-corrected chi connectivity index (χ3v) is 4.48. The van der Waals surface area contributed by atoms with Crippen molar-refractivity contribution in [1.82, 2.24) is 15.1 Å². The van der Waals surface area contributed by atoms with E-state index in [2.05, 4.69) is 66.4 Å². The zero-order valence-electron chi connectivity index (χ0n) is 14.4. The average Bonchev–Trinajstić information content (AvgIpc) is 2.87. The third-order valence-electron chi connectivity index (χ3n) is 3.70. The van der Waals surface area contributed by atoms with Crippen molar-refractivity contribution in [3.8, 4) is 0 Å². The monoisotopic (exact) mass is 375 g/mol. The van der Waals surface area contributed by atoms with E-state index in [-0.39, 0.29) is 6.17 Å². The van der Waals surface area contributed by atoms with Crippen LogP contribution >= 0.6 is 15.9 Å². The molecule has 0 aliphatic rings. The van der Waals surface area contributed by atoms with Crippen molar-refractivity contribution in [2.75, 3.05) is 6.54 Å². The van der Waals surface area contributed by atoms with Crippen molar-refractivity contribution in [2.45, 2.75) is 33.9 Å². The van der Waals surface area contributed by atoms with Crippen LogP contribution in [0.2, 0.25) is 0 Å². The first kappa shape index (κ1) is 19.4. The molecule has 0 bridgehead atoms. The number of rotatable bonds is 8. The first-order chi connectivity index (χ1) is 10.9. The van der Waals surface area contributed by atoms with Crippen LogP contribution in [0.4, 0.5) is 0 Å². The van der Waals surface area contributed by atoms with Gasteiger partial charge in [-0.15, -0.1) is 0 Å². The Kier molecular flexibility index (Phi) is 8.00. The molecular weight excluding hydrogens is 350 g/mol. The third kappa shape index (κ3) is 5.48. The van der Waals surface area contributed by atoms with Crippen LogP contribution in [0.3, 0.4) is 0 Å². The van der Waals surface area contributed by atoms with Gasteiger partial charge in [0.05, 0.1) is 16.4 Å². The number of likely N-dealkylation sites (N-methyl/N-ethyl adjacent to an activating group) is 1. The summed E-state index contributed by atoms with van der Waals surface area (Å²) in [6.07, 6.45) is 11.7. The zero-order chi connectivity index (χ0) is 17.4. The number of halogens is 1. The molecule has 1 N–H and O–H groups in total. The molecule has 0 spiro atoms. The number of hydrogen-bond acceptors (Lipinski definition) is 2. The molecule has 3 nitrogen and oxygen atoms in total. The zero-order valence-corrected chi connectivity index (χ0v) is 16.0. The summed E-state index contributed by atoms with van der Waals surface area (Å²) in [6, 6.07) is 0. The van der Waals surface area contributed by atoms with E-state index in [4.69, 9.17) is 0 Å². The van der Waals surface area contributed by atoms with Gasteiger partial charge in [0.2, 0.25) is 0 Å². The minimum atomic E-state index is -0.000117. The smallest absolute Gasteiger partial charge is 0.121 e. The van der Waals surface area contributed by atoms with Crippen molar-refractivity contribution in [3.05, 3.63) is 76.6 Å². The molecule has 23 heavy (non-hydrogen) atoms. The lowest BCUT2D eigenvalue weighted by Gasteiger charge is -2.17. The number of hydrogen-bond donors (Lipinski definition) is 1. The summed E-state index contributed by atoms with van der Waals surface area (Å²) in [5, 5.41) is 7.84. The lowest BCUT2D eigenvalue weighted by atomic mass is 10.0. The van der Waals surface area contributed by atoms with Crippen molar-refractivity contribution < 1.29 is 0 Å². The quantitative estimate of drug-likeness (QED) is 0.628. The summed E-state index contributed by atoms with van der Waals surface area (Å²) in [6.45, 7) is 17.0. The Labute approximate surface area is 148 Å². The van der Waals surface area contributed by atoms with Crippen molar-refractivity contribution in [3.63, 3.8) is 0 Å². The normalized spacial score (nSPS) is 14.3. The predicted molar refractivity (Wildman–Crippen MR) is 103 cm³/mol. The highest BCUT2D eigenvalue weighted by Crippen LogP contribution is 2.20. The molecule has 0 aliphatic heterocycles. The van der Waals surface area contributed by atoms with Gasteiger partial charge in [-0.25, -0.2) is 4.68 Å². The second kappa shape index (κ2) is 9.48. The van der Waals surface area contributed by atoms with E-state index in [1.165, 1.54) is 5.57 Å². The van der Waals surface area contributed by atoms with Crippen LogP contribution in [0, 0.1) is 6.92 Å². The molecule has 1 aromatic heterocycles. The van der Waals surface area contributed by atoms with E-state index in [0.717, 1.165) is 27.9 Å². The van der Waals surface area contributed by atoms with Crippen LogP contribution in [0.1, 0.15) is 32.6 Å². The van der Waals surface area contributed by atoms with Crippen LogP contribution < -0.4 is 5.32 Å². The molecule has 1 unspecified atom stereocenters. The second-order valence-corrected chi connectivity index (χ2v) is 6.17. The summed E-state index contributed by atoms with van der Waals surface area (Å²) in [5.74, 6) is 0. The maximum atomic E-state index is 4.42. The molecule has 1 rings (SSSR count). The molecule has 124 valence electrons. The van der Waals surface area contributed by atoms with E-state index in [1.807, 2.05) is 36.0 Å². The summed E-state index contributed by atoms with van der Waals surface area (Å²) < 4.78 is 2.97. The molecule has 0 amide bonds. The Morgan fingerprint density at radius 1 is 1.43 bits per heavy atom. The Balaban J connectivity index is 2.98. The fraction of sp³-hybridized carbons (Fsp3) is 0.316. The van der Waals surface area contributed by atoms with Crippen LogP contribution in [-0.2, 0) is 0 Å². The summed E-state index contributed by atoms with van der Waals surface area (Å²) in [7, 11) is 0. The summed E-state index contributed by atoms with van der Waals surface area (Å²) in [4.78, 5) is 0. The SMILES string of the molecule is C=C/C=C\C(C)=C(/C)C(=C)C=CC(NCC)n1ncc(Br)c1C. The van der Waals surface area contributed by atoms with Gasteiger partial charge >= 0.3 is 0 Å². The lowest BCUT2D eigenvalue weighted by Crippen LogP contribution is -2.26. The van der Waals surface area contributed by atoms with Gasteiger partial charge in [-0.05, 0) is 66.0 Å². The van der Waals surface area contributed by atoms with E-state index < -0.39 is 0 Å². The van der Waals surface area contributed by atoms with E-state index in [1.54, 1.807) is 6.08 Å². The van der Waals surface area contributed by atoms with Crippen LogP contribution in [0.5, 0.6) is 0 Å². The molecule has 1 aromatic rings. The van der Waals surface area contributed by atoms with Crippen molar-refractivity contribution in [2.24, 2.45) is 0 Å². The molecule has 1 atom stereocenters. The molecule has 0 aromatic carbocycles. The predicted octanol–water partition coefficient (Wildman–Crippen LogP) is 5.25. The highest BCUT2D eigenvalue weighted by Gasteiger charge is 2.11. The van der Waals surface area contributed by atoms with Crippen molar-refractivity contribution in [1.29, 1.82) is 0 Å². The lowest BCUT2D eigenvalue weighted by molar-refractivity contribution is 0.444. The first-order valence-corrected chi connectivity index (χ1v) is 8.48. The van der Waals surface area contributed by atoms with Gasteiger partial charge < -0.3 is 0 Å². The number of aromatic nitrogens is 2. The number of nitrogens with zero attached hydrogens (tertiary/aromatic N) is 2. The minimum absolute atomic E-state index is 0.000117. The molecule has 1 heterocycles. The van der Waals surface area contributed by atoms with Gasteiger partial charge in [-0.3, -0.25) is 5.32 Å². The van der Waals surface area contributed by atoms with Crippen LogP contribution in [-0.4, -0.2) is 16.3 Å². The summed E-state index contributed by atoms with van der Waals surface area (Å²) in [5.41, 5.74) is 4.41. The van der Waals surface area contributed by atoms with Gasteiger partial charge in [-0.1, -0.05) is 44.4 Å². The van der Waals surface area contributed by atoms with E-state index in [9.17, 15) is 0 Å². The number of allylic oxidation sites excluding steroid dienone is 7. The van der Waals surface area contributed by atoms with Gasteiger partial charge in [0.15, 0.2) is 0 Å². The van der Waals surface area contributed by atoms with Crippen LogP contribution in [0.15, 0.2) is 70.9 Å². The molecule has 0 aliphatic carbocycles.